The van der Waals surface area contributed by atoms with E-state index in [4.69, 9.17) is 11.6 Å². The number of hydrogen-bond acceptors (Lipinski definition) is 3. The summed E-state index contributed by atoms with van der Waals surface area (Å²) >= 11 is 5.88. The van der Waals surface area contributed by atoms with Gasteiger partial charge in [0.2, 0.25) is 0 Å². The van der Waals surface area contributed by atoms with Crippen LogP contribution in [0.4, 0.5) is 0 Å². The summed E-state index contributed by atoms with van der Waals surface area (Å²) in [7, 11) is 0. The van der Waals surface area contributed by atoms with Crippen molar-refractivity contribution in [2.45, 2.75) is 19.8 Å². The number of carbonyl (C=O) groups is 1. The van der Waals surface area contributed by atoms with Gasteiger partial charge < -0.3 is 5.11 Å². The molecule has 0 aromatic heterocycles. The summed E-state index contributed by atoms with van der Waals surface area (Å²) in [4.78, 5) is 12.0. The van der Waals surface area contributed by atoms with Crippen molar-refractivity contribution in [2.24, 2.45) is 5.10 Å². The summed E-state index contributed by atoms with van der Waals surface area (Å²) in [6.45, 7) is 2.04. The average Bonchev–Trinajstić information content (AvgIpc) is 2.52. The number of rotatable bonds is 5. The highest BCUT2D eigenvalue weighted by Gasteiger charge is 2.07. The van der Waals surface area contributed by atoms with Gasteiger partial charge >= 0.3 is 0 Å². The number of carbonyl (C=O) groups excluding carboxylic acids is 1. The Hall–Kier alpha value is -2.33. The fraction of sp³-hybridized carbons (Fsp3) is 0.176. The predicted molar refractivity (Wildman–Crippen MR) is 88.5 cm³/mol. The highest BCUT2D eigenvalue weighted by molar-refractivity contribution is 6.30. The minimum Gasteiger partial charge on any atom is -0.508 e. The highest BCUT2D eigenvalue weighted by Crippen LogP contribution is 2.13. The first kappa shape index (κ1) is 16.0. The molecule has 0 spiro atoms. The molecule has 2 aromatic rings. The molecule has 0 radical (unpaired) electrons. The molecule has 0 heterocycles. The van der Waals surface area contributed by atoms with Crippen molar-refractivity contribution in [3.05, 3.63) is 64.7 Å². The van der Waals surface area contributed by atoms with Gasteiger partial charge in [-0.1, -0.05) is 43.1 Å². The number of hydrogen-bond donors (Lipinski definition) is 2. The molecule has 2 N–H and O–H groups in total. The van der Waals surface area contributed by atoms with E-state index >= 15 is 0 Å². The molecule has 4 nitrogen and oxygen atoms in total. The lowest BCUT2D eigenvalue weighted by Crippen LogP contribution is -2.20. The molecule has 0 aliphatic rings. The van der Waals surface area contributed by atoms with Crippen LogP contribution in [0.5, 0.6) is 5.75 Å². The largest absolute Gasteiger partial charge is 0.508 e. The second-order valence-electron chi connectivity index (χ2n) is 4.81. The van der Waals surface area contributed by atoms with Gasteiger partial charge in [-0.25, -0.2) is 5.43 Å². The lowest BCUT2D eigenvalue weighted by atomic mass is 10.1. The van der Waals surface area contributed by atoms with Crippen LogP contribution in [0.25, 0.3) is 0 Å². The molecule has 0 fully saturated rings. The zero-order chi connectivity index (χ0) is 15.9. The van der Waals surface area contributed by atoms with E-state index in [2.05, 4.69) is 10.5 Å². The first-order valence-electron chi connectivity index (χ1n) is 7.02. The minimum atomic E-state index is -0.363. The van der Waals surface area contributed by atoms with Gasteiger partial charge in [-0.15, -0.1) is 0 Å². The molecule has 0 aliphatic carbocycles. The van der Waals surface area contributed by atoms with Gasteiger partial charge in [0, 0.05) is 10.6 Å². The van der Waals surface area contributed by atoms with Crippen molar-refractivity contribution in [2.75, 3.05) is 0 Å². The fourth-order valence-electron chi connectivity index (χ4n) is 1.97. The van der Waals surface area contributed by atoms with E-state index in [0.29, 0.717) is 10.6 Å². The van der Waals surface area contributed by atoms with Crippen LogP contribution in [0.2, 0.25) is 5.02 Å². The quantitative estimate of drug-likeness (QED) is 0.647. The Morgan fingerprint density at radius 2 is 1.91 bits per heavy atom. The van der Waals surface area contributed by atoms with E-state index < -0.39 is 0 Å². The summed E-state index contributed by atoms with van der Waals surface area (Å²) in [5.74, 6) is -0.318. The van der Waals surface area contributed by atoms with Gasteiger partial charge in [0.1, 0.15) is 5.75 Å². The topological polar surface area (TPSA) is 61.7 Å². The molecule has 0 atom stereocenters. The van der Waals surface area contributed by atoms with Crippen molar-refractivity contribution in [3.63, 3.8) is 0 Å². The predicted octanol–water partition coefficient (Wildman–Crippen LogP) is 3.98. The Labute approximate surface area is 134 Å². The molecule has 114 valence electrons. The maximum atomic E-state index is 12.0. The Morgan fingerprint density at radius 3 is 2.55 bits per heavy atom. The number of nitrogens with zero attached hydrogens (tertiary/aromatic N) is 1. The molecule has 0 saturated carbocycles. The molecule has 0 unspecified atom stereocenters. The van der Waals surface area contributed by atoms with E-state index in [1.54, 1.807) is 24.3 Å². The zero-order valence-corrected chi connectivity index (χ0v) is 13.0. The monoisotopic (exact) mass is 316 g/mol. The van der Waals surface area contributed by atoms with Crippen molar-refractivity contribution in [1.82, 2.24) is 5.43 Å². The molecule has 0 aliphatic heterocycles. The zero-order valence-electron chi connectivity index (χ0n) is 12.2. The molecule has 22 heavy (non-hydrogen) atoms. The highest BCUT2D eigenvalue weighted by atomic mass is 35.5. The third-order valence-electron chi connectivity index (χ3n) is 3.06. The van der Waals surface area contributed by atoms with E-state index in [1.165, 1.54) is 12.1 Å². The summed E-state index contributed by atoms with van der Waals surface area (Å²) in [5.41, 5.74) is 4.59. The van der Waals surface area contributed by atoms with Crippen LogP contribution < -0.4 is 5.43 Å². The third kappa shape index (κ3) is 4.33. The van der Waals surface area contributed by atoms with Crippen LogP contribution >= 0.6 is 11.6 Å². The number of benzene rings is 2. The molecule has 0 saturated heterocycles. The number of aromatic hydroxyl groups is 1. The number of phenolic OH excluding ortho intramolecular Hbond substituents is 1. The summed E-state index contributed by atoms with van der Waals surface area (Å²) < 4.78 is 0. The minimum absolute atomic E-state index is 0.0445. The molecule has 0 bridgehead atoms. The Kier molecular flexibility index (Phi) is 5.55. The molecule has 5 heteroatoms. The SMILES string of the molecule is CCC/C(=N/NC(=O)c1cccc(O)c1)c1ccc(Cl)cc1. The smallest absolute Gasteiger partial charge is 0.271 e. The van der Waals surface area contributed by atoms with Crippen LogP contribution in [0, 0.1) is 0 Å². The molecular weight excluding hydrogens is 300 g/mol. The maximum absolute atomic E-state index is 12.0. The first-order chi connectivity index (χ1) is 10.6. The lowest BCUT2D eigenvalue weighted by molar-refractivity contribution is 0.0954. The van der Waals surface area contributed by atoms with Gasteiger partial charge in [-0.05, 0) is 42.3 Å². The second kappa shape index (κ2) is 7.61. The molecule has 2 aromatic carbocycles. The second-order valence-corrected chi connectivity index (χ2v) is 5.24. The first-order valence-corrected chi connectivity index (χ1v) is 7.40. The fourth-order valence-corrected chi connectivity index (χ4v) is 2.10. The summed E-state index contributed by atoms with van der Waals surface area (Å²) in [6.07, 6.45) is 1.64. The van der Waals surface area contributed by atoms with Crippen molar-refractivity contribution in [1.29, 1.82) is 0 Å². The average molecular weight is 317 g/mol. The van der Waals surface area contributed by atoms with Crippen molar-refractivity contribution < 1.29 is 9.90 Å². The van der Waals surface area contributed by atoms with Crippen LogP contribution in [0.3, 0.4) is 0 Å². The van der Waals surface area contributed by atoms with E-state index in [1.807, 2.05) is 19.1 Å². The maximum Gasteiger partial charge on any atom is 0.271 e. The third-order valence-corrected chi connectivity index (χ3v) is 3.32. The van der Waals surface area contributed by atoms with Gasteiger partial charge in [0.05, 0.1) is 5.71 Å². The van der Waals surface area contributed by atoms with Crippen molar-refractivity contribution in [3.8, 4) is 5.75 Å². The Morgan fingerprint density at radius 1 is 1.18 bits per heavy atom. The molecule has 1 amide bonds. The van der Waals surface area contributed by atoms with Crippen LogP contribution in [-0.4, -0.2) is 16.7 Å². The van der Waals surface area contributed by atoms with Gasteiger partial charge in [-0.2, -0.15) is 5.10 Å². The van der Waals surface area contributed by atoms with E-state index in [9.17, 15) is 9.90 Å². The number of nitrogens with one attached hydrogen (secondary N) is 1. The number of amides is 1. The number of halogens is 1. The normalized spacial score (nSPS) is 11.3. The van der Waals surface area contributed by atoms with Crippen LogP contribution in [-0.2, 0) is 0 Å². The molecular formula is C17H17ClN2O2. The van der Waals surface area contributed by atoms with Crippen LogP contribution in [0.15, 0.2) is 53.6 Å². The van der Waals surface area contributed by atoms with Gasteiger partial charge in [0.15, 0.2) is 0 Å². The lowest BCUT2D eigenvalue weighted by Gasteiger charge is -2.07. The Bertz CT molecular complexity index is 681. The standard InChI is InChI=1S/C17H17ClN2O2/c1-2-4-16(12-7-9-14(18)10-8-12)19-20-17(22)13-5-3-6-15(21)11-13/h3,5-11,21H,2,4H2,1H3,(H,20,22)/b19-16-. The van der Waals surface area contributed by atoms with E-state index in [0.717, 1.165) is 24.1 Å². The van der Waals surface area contributed by atoms with Crippen molar-refractivity contribution >= 4 is 23.2 Å². The van der Waals surface area contributed by atoms with Crippen LogP contribution in [0.1, 0.15) is 35.7 Å². The number of phenols is 1. The summed E-state index contributed by atoms with van der Waals surface area (Å²) in [5, 5.41) is 14.3. The Balaban J connectivity index is 2.16. The van der Waals surface area contributed by atoms with Gasteiger partial charge in [-0.3, -0.25) is 4.79 Å². The van der Waals surface area contributed by atoms with E-state index in [-0.39, 0.29) is 11.7 Å². The number of hydrazone groups is 1. The van der Waals surface area contributed by atoms with Gasteiger partial charge in [0.25, 0.3) is 5.91 Å². The summed E-state index contributed by atoms with van der Waals surface area (Å²) in [6, 6.07) is 13.5. The molecule has 2 rings (SSSR count).